The van der Waals surface area contributed by atoms with Crippen molar-refractivity contribution in [1.29, 1.82) is 5.26 Å². The quantitative estimate of drug-likeness (QED) is 0.187. The van der Waals surface area contributed by atoms with E-state index in [-0.39, 0.29) is 5.70 Å². The van der Waals surface area contributed by atoms with Gasteiger partial charge in [0.1, 0.15) is 6.29 Å². The number of nitrogens with two attached hydrogens (primary N) is 2. The number of aromatic nitrogens is 1. The van der Waals surface area contributed by atoms with Crippen molar-refractivity contribution in [3.63, 3.8) is 0 Å². The highest BCUT2D eigenvalue weighted by molar-refractivity contribution is 5.78. The predicted molar refractivity (Wildman–Crippen MR) is 163 cm³/mol. The van der Waals surface area contributed by atoms with E-state index in [0.29, 0.717) is 28.5 Å². The standard InChI is InChI=1S/C12H12N2O.C10H15N5O.C6H14.C2H6/c13-8-10-5-11(9-15)7-12(6-10)14-3-1-2-4-14;1-7-10(3-9(13-2)4-14-7)15(12)5-8(11)6-16;1-5-6(2,3)4;1-2/h5-7,9H,1-4H2;3-6,13H,11-12H2,1-2H3;5H2,1-4H3;1-2H3/b;8-5-;;. The Bertz CT molecular complexity index is 1100. The van der Waals surface area contributed by atoms with E-state index >= 15 is 0 Å². The molecule has 2 aromatic rings. The molecule has 0 saturated carbocycles. The SMILES string of the molecule is CC.CCC(C)(C)C.CNc1cnc(C)c(N(N)/C=C(\N)C=O)c1.N#Cc1cc(C=O)cc(N2CCCC2)c1. The Morgan fingerprint density at radius 1 is 1.18 bits per heavy atom. The molecule has 214 valence electrons. The van der Waals surface area contributed by atoms with Crippen LogP contribution in [-0.4, -0.2) is 37.7 Å². The number of hydrogen-bond acceptors (Lipinski definition) is 9. The number of hydrogen-bond donors (Lipinski definition) is 3. The molecule has 0 aliphatic carbocycles. The van der Waals surface area contributed by atoms with E-state index in [4.69, 9.17) is 16.8 Å². The van der Waals surface area contributed by atoms with Gasteiger partial charge >= 0.3 is 0 Å². The lowest BCUT2D eigenvalue weighted by Gasteiger charge is -2.17. The fourth-order valence-electron chi connectivity index (χ4n) is 3.11. The van der Waals surface area contributed by atoms with Crippen molar-refractivity contribution >= 4 is 29.6 Å². The van der Waals surface area contributed by atoms with Gasteiger partial charge in [0.25, 0.3) is 0 Å². The minimum Gasteiger partial charge on any atom is -0.395 e. The zero-order chi connectivity index (χ0) is 30.0. The predicted octanol–water partition coefficient (Wildman–Crippen LogP) is 5.55. The van der Waals surface area contributed by atoms with E-state index in [1.54, 1.807) is 19.3 Å². The van der Waals surface area contributed by atoms with Crippen molar-refractivity contribution in [2.24, 2.45) is 17.0 Å². The molecule has 2 heterocycles. The second kappa shape index (κ2) is 18.4. The first-order valence-corrected chi connectivity index (χ1v) is 13.3. The maximum absolute atomic E-state index is 10.7. The van der Waals surface area contributed by atoms with Crippen LogP contribution in [0, 0.1) is 23.7 Å². The van der Waals surface area contributed by atoms with Gasteiger partial charge in [-0.15, -0.1) is 0 Å². The van der Waals surface area contributed by atoms with Crippen LogP contribution in [0.3, 0.4) is 0 Å². The van der Waals surface area contributed by atoms with Crippen molar-refractivity contribution in [3.05, 3.63) is 59.2 Å². The summed E-state index contributed by atoms with van der Waals surface area (Å²) >= 11 is 0. The number of hydrazine groups is 1. The highest BCUT2D eigenvalue weighted by Crippen LogP contribution is 2.23. The molecule has 3 rings (SSSR count). The summed E-state index contributed by atoms with van der Waals surface area (Å²) in [4.78, 5) is 27.5. The van der Waals surface area contributed by atoms with Crippen LogP contribution < -0.4 is 26.8 Å². The normalized spacial score (nSPS) is 12.3. The van der Waals surface area contributed by atoms with Crippen molar-refractivity contribution < 1.29 is 9.59 Å². The number of pyridine rings is 1. The Morgan fingerprint density at radius 2 is 1.77 bits per heavy atom. The number of nitrogens with one attached hydrogen (secondary N) is 1. The largest absolute Gasteiger partial charge is 0.395 e. The first-order chi connectivity index (χ1) is 18.5. The fraction of sp³-hybridized carbons (Fsp3) is 0.467. The van der Waals surface area contributed by atoms with Crippen LogP contribution in [0.25, 0.3) is 0 Å². The molecule has 9 heteroatoms. The molecule has 1 aliphatic rings. The molecule has 0 radical (unpaired) electrons. The number of carbonyl (C=O) groups is 2. The fourth-order valence-corrected chi connectivity index (χ4v) is 3.11. The third-order valence-electron chi connectivity index (χ3n) is 5.79. The van der Waals surface area contributed by atoms with Gasteiger partial charge in [-0.05, 0) is 49.4 Å². The molecule has 1 saturated heterocycles. The van der Waals surface area contributed by atoms with E-state index < -0.39 is 0 Å². The lowest BCUT2D eigenvalue weighted by atomic mass is 9.94. The summed E-state index contributed by atoms with van der Waals surface area (Å²) < 4.78 is 0. The van der Waals surface area contributed by atoms with Crippen molar-refractivity contribution in [2.45, 2.75) is 67.7 Å². The first kappa shape index (κ1) is 35.1. The Labute approximate surface area is 234 Å². The minimum absolute atomic E-state index is 0.0526. The molecule has 1 aromatic carbocycles. The van der Waals surface area contributed by atoms with Gasteiger partial charge in [0.15, 0.2) is 6.29 Å². The minimum atomic E-state index is 0.0526. The topological polar surface area (TPSA) is 141 Å². The van der Waals surface area contributed by atoms with E-state index in [0.717, 1.165) is 36.4 Å². The van der Waals surface area contributed by atoms with Gasteiger partial charge in [-0.3, -0.25) is 19.6 Å². The zero-order valence-electron chi connectivity index (χ0n) is 24.9. The first-order valence-electron chi connectivity index (χ1n) is 13.3. The number of anilines is 3. The van der Waals surface area contributed by atoms with E-state index in [2.05, 4.69) is 49.0 Å². The van der Waals surface area contributed by atoms with Crippen LogP contribution in [0.2, 0.25) is 0 Å². The Morgan fingerprint density at radius 3 is 2.23 bits per heavy atom. The number of allylic oxidation sites excluding steroid dienone is 1. The van der Waals surface area contributed by atoms with Gasteiger partial charge in [0, 0.05) is 37.6 Å². The summed E-state index contributed by atoms with van der Waals surface area (Å²) in [6.07, 6.45) is 8.01. The van der Waals surface area contributed by atoms with Gasteiger partial charge in [0.2, 0.25) is 0 Å². The summed E-state index contributed by atoms with van der Waals surface area (Å²) in [6.45, 7) is 16.8. The number of nitrogens with zero attached hydrogens (tertiary/aromatic N) is 4. The molecule has 1 fully saturated rings. The highest BCUT2D eigenvalue weighted by atomic mass is 16.1. The highest BCUT2D eigenvalue weighted by Gasteiger charge is 2.13. The molecule has 9 nitrogen and oxygen atoms in total. The summed E-state index contributed by atoms with van der Waals surface area (Å²) in [5.41, 5.74) is 10.3. The van der Waals surface area contributed by atoms with Gasteiger partial charge in [-0.2, -0.15) is 5.26 Å². The molecule has 0 amide bonds. The molecule has 1 aliphatic heterocycles. The third kappa shape index (κ3) is 13.5. The molecule has 1 aromatic heterocycles. The van der Waals surface area contributed by atoms with Crippen LogP contribution in [0.1, 0.15) is 82.4 Å². The molecule has 0 atom stereocenters. The molecule has 0 bridgehead atoms. The lowest BCUT2D eigenvalue weighted by molar-refractivity contribution is -0.105. The second-order valence-corrected chi connectivity index (χ2v) is 9.88. The van der Waals surface area contributed by atoms with Crippen LogP contribution in [0.15, 0.2) is 42.4 Å². The van der Waals surface area contributed by atoms with Crippen LogP contribution in [0.5, 0.6) is 0 Å². The third-order valence-corrected chi connectivity index (χ3v) is 5.79. The molecular weight excluding hydrogens is 490 g/mol. The average molecular weight is 538 g/mol. The van der Waals surface area contributed by atoms with Gasteiger partial charge < -0.3 is 16.0 Å². The Hall–Kier alpha value is -3.90. The smallest absolute Gasteiger partial charge is 0.167 e. The summed E-state index contributed by atoms with van der Waals surface area (Å²) in [5.74, 6) is 5.75. The van der Waals surface area contributed by atoms with Gasteiger partial charge in [-0.1, -0.05) is 48.0 Å². The lowest BCUT2D eigenvalue weighted by Crippen LogP contribution is -2.27. The molecule has 5 N–H and O–H groups in total. The van der Waals surface area contributed by atoms with Gasteiger partial charge in [0.05, 0.1) is 40.6 Å². The van der Waals surface area contributed by atoms with E-state index in [1.165, 1.54) is 30.5 Å². The second-order valence-electron chi connectivity index (χ2n) is 9.88. The van der Waals surface area contributed by atoms with Crippen molar-refractivity contribution in [1.82, 2.24) is 4.98 Å². The monoisotopic (exact) mass is 537 g/mol. The summed E-state index contributed by atoms with van der Waals surface area (Å²) in [5, 5.41) is 13.1. The van der Waals surface area contributed by atoms with Crippen molar-refractivity contribution in [2.75, 3.05) is 35.4 Å². The number of benzene rings is 1. The summed E-state index contributed by atoms with van der Waals surface area (Å²) in [6, 6.07) is 9.21. The van der Waals surface area contributed by atoms with Crippen LogP contribution in [0.4, 0.5) is 17.1 Å². The number of aldehydes is 2. The van der Waals surface area contributed by atoms with Crippen LogP contribution >= 0.6 is 0 Å². The Kier molecular flexibility index (Phi) is 16.5. The zero-order valence-corrected chi connectivity index (χ0v) is 24.9. The molecule has 39 heavy (non-hydrogen) atoms. The summed E-state index contributed by atoms with van der Waals surface area (Å²) in [7, 11) is 1.78. The van der Waals surface area contributed by atoms with E-state index in [9.17, 15) is 9.59 Å². The Balaban J connectivity index is 0.000000586. The van der Waals surface area contributed by atoms with E-state index in [1.807, 2.05) is 39.0 Å². The average Bonchev–Trinajstić information content (AvgIpc) is 3.49. The molecular formula is C30H47N7O2. The number of nitriles is 1. The maximum atomic E-state index is 10.7. The number of rotatable bonds is 6. The van der Waals surface area contributed by atoms with Crippen LogP contribution in [-0.2, 0) is 4.79 Å². The maximum Gasteiger partial charge on any atom is 0.167 e. The number of carbonyl (C=O) groups excluding carboxylic acids is 2. The molecule has 0 spiro atoms. The van der Waals surface area contributed by atoms with Gasteiger partial charge in [-0.25, -0.2) is 5.84 Å². The van der Waals surface area contributed by atoms with Crippen molar-refractivity contribution in [3.8, 4) is 6.07 Å². The molecule has 0 unspecified atom stereocenters. The number of aryl methyl sites for hydroxylation is 1.